The summed E-state index contributed by atoms with van der Waals surface area (Å²) in [7, 11) is 0. The van der Waals surface area contributed by atoms with Gasteiger partial charge in [-0.25, -0.2) is 0 Å². The Morgan fingerprint density at radius 1 is 0.450 bits per heavy atom. The van der Waals surface area contributed by atoms with Gasteiger partial charge >= 0.3 is 12.4 Å². The Balaban J connectivity index is 1.71. The van der Waals surface area contributed by atoms with Gasteiger partial charge in [0, 0.05) is 44.8 Å². The zero-order valence-electron chi connectivity index (χ0n) is 20.3. The van der Waals surface area contributed by atoms with E-state index in [-0.39, 0.29) is 22.8 Å². The molecular formula is C28H18F6N4S2. The summed E-state index contributed by atoms with van der Waals surface area (Å²) < 4.78 is 87.3. The number of hydrogen-bond donors (Lipinski definition) is 0. The first-order valence-corrected chi connectivity index (χ1v) is 13.0. The molecule has 0 saturated carbocycles. The predicted octanol–water partition coefficient (Wildman–Crippen LogP) is 9.78. The molecule has 0 spiro atoms. The molecule has 0 amide bonds. The van der Waals surface area contributed by atoms with Crippen LogP contribution in [0.4, 0.5) is 26.3 Å². The fourth-order valence-corrected chi connectivity index (χ4v) is 4.35. The van der Waals surface area contributed by atoms with Crippen LogP contribution in [-0.2, 0) is 12.4 Å². The lowest BCUT2D eigenvalue weighted by molar-refractivity contribution is -0.138. The Labute approximate surface area is 234 Å². The summed E-state index contributed by atoms with van der Waals surface area (Å²) >= 11 is 2.07. The van der Waals surface area contributed by atoms with Gasteiger partial charge in [0.2, 0.25) is 0 Å². The summed E-state index contributed by atoms with van der Waals surface area (Å²) in [5.74, 6) is -0.0150. The lowest BCUT2D eigenvalue weighted by Gasteiger charge is -2.08. The van der Waals surface area contributed by atoms with E-state index in [0.29, 0.717) is 0 Å². The van der Waals surface area contributed by atoms with Crippen LogP contribution in [0.3, 0.4) is 0 Å². The van der Waals surface area contributed by atoms with Gasteiger partial charge in [0.15, 0.2) is 11.7 Å². The fraction of sp³-hybridized carbons (Fsp3) is 0.0714. The van der Waals surface area contributed by atoms with Crippen LogP contribution in [-0.4, -0.2) is 11.7 Å². The summed E-state index contributed by atoms with van der Waals surface area (Å²) in [6.45, 7) is 0. The largest absolute Gasteiger partial charge is 0.416 e. The van der Waals surface area contributed by atoms with E-state index in [1.165, 1.54) is 24.3 Å². The van der Waals surface area contributed by atoms with Crippen LogP contribution in [0.15, 0.2) is 138 Å². The Morgan fingerprint density at radius 3 is 1.07 bits per heavy atom. The Bertz CT molecular complexity index is 1370. The van der Waals surface area contributed by atoms with Gasteiger partial charge in [0.1, 0.15) is 0 Å². The Hall–Kier alpha value is -3.90. The summed E-state index contributed by atoms with van der Waals surface area (Å²) in [6.07, 6.45) is -9.04. The normalized spacial score (nSPS) is 13.2. The second kappa shape index (κ2) is 13.0. The molecule has 0 aliphatic rings. The molecule has 0 heterocycles. The number of halogens is 6. The standard InChI is InChI=1S/C28H18F6N4S2/c29-27(30,31)21-15-11-19(12-16-21)25(37-39-23-7-3-1-4-8-23)35-36-26(38-40-24-9-5-2-6-10-24)20-13-17-22(18-14-20)28(32,33)34/h1-18H/b36-35+,37-25-,38-26+. The topological polar surface area (TPSA) is 49.4 Å². The number of alkyl halides is 6. The number of amidine groups is 2. The maximum absolute atomic E-state index is 13.1. The highest BCUT2D eigenvalue weighted by Crippen LogP contribution is 2.31. The van der Waals surface area contributed by atoms with E-state index in [9.17, 15) is 26.3 Å². The van der Waals surface area contributed by atoms with Crippen LogP contribution >= 0.6 is 23.9 Å². The molecule has 0 N–H and O–H groups in total. The van der Waals surface area contributed by atoms with Crippen molar-refractivity contribution >= 4 is 35.6 Å². The molecule has 0 aliphatic carbocycles. The van der Waals surface area contributed by atoms with Crippen molar-refractivity contribution in [2.75, 3.05) is 0 Å². The molecule has 4 aromatic carbocycles. The monoisotopic (exact) mass is 588 g/mol. The van der Waals surface area contributed by atoms with Crippen molar-refractivity contribution < 1.29 is 26.3 Å². The van der Waals surface area contributed by atoms with Gasteiger partial charge in [-0.2, -0.15) is 35.1 Å². The number of azo groups is 1. The summed E-state index contributed by atoms with van der Waals surface area (Å²) in [4.78, 5) is 1.50. The maximum atomic E-state index is 13.1. The predicted molar refractivity (Wildman–Crippen MR) is 145 cm³/mol. The van der Waals surface area contributed by atoms with E-state index in [2.05, 4.69) is 19.0 Å². The minimum Gasteiger partial charge on any atom is -0.189 e. The first-order chi connectivity index (χ1) is 19.1. The highest BCUT2D eigenvalue weighted by atomic mass is 32.2. The average molecular weight is 589 g/mol. The molecule has 0 bridgehead atoms. The summed E-state index contributed by atoms with van der Waals surface area (Å²) in [5, 5.41) is 8.34. The molecule has 4 rings (SSSR count). The van der Waals surface area contributed by atoms with Crippen molar-refractivity contribution in [3.8, 4) is 0 Å². The van der Waals surface area contributed by atoms with Gasteiger partial charge in [-0.05, 0) is 48.5 Å². The number of benzene rings is 4. The van der Waals surface area contributed by atoms with E-state index in [0.717, 1.165) is 58.0 Å². The highest BCUT2D eigenvalue weighted by Gasteiger charge is 2.31. The number of hydrogen-bond acceptors (Lipinski definition) is 4. The lowest BCUT2D eigenvalue weighted by Crippen LogP contribution is -2.06. The van der Waals surface area contributed by atoms with Crippen molar-refractivity contribution in [1.82, 2.24) is 0 Å². The smallest absolute Gasteiger partial charge is 0.189 e. The maximum Gasteiger partial charge on any atom is 0.416 e. The van der Waals surface area contributed by atoms with E-state index < -0.39 is 23.5 Å². The van der Waals surface area contributed by atoms with Crippen LogP contribution in [0.5, 0.6) is 0 Å². The van der Waals surface area contributed by atoms with Crippen LogP contribution in [0.2, 0.25) is 0 Å². The van der Waals surface area contributed by atoms with Gasteiger partial charge in [0.05, 0.1) is 11.1 Å². The molecule has 40 heavy (non-hydrogen) atoms. The molecule has 0 unspecified atom stereocenters. The molecule has 12 heteroatoms. The first kappa shape index (κ1) is 29.1. The fourth-order valence-electron chi connectivity index (χ4n) is 3.12. The second-order valence-electron chi connectivity index (χ2n) is 7.99. The number of nitrogens with zero attached hydrogens (tertiary/aromatic N) is 4. The third-order valence-corrected chi connectivity index (χ3v) is 6.64. The first-order valence-electron chi connectivity index (χ1n) is 11.5. The molecule has 0 aliphatic heterocycles. The van der Waals surface area contributed by atoms with Gasteiger partial charge in [0.25, 0.3) is 0 Å². The van der Waals surface area contributed by atoms with Crippen molar-refractivity contribution in [3.05, 3.63) is 131 Å². The van der Waals surface area contributed by atoms with Gasteiger partial charge < -0.3 is 0 Å². The molecule has 0 radical (unpaired) electrons. The van der Waals surface area contributed by atoms with Crippen LogP contribution in [0.25, 0.3) is 0 Å². The van der Waals surface area contributed by atoms with E-state index in [1.807, 2.05) is 12.1 Å². The van der Waals surface area contributed by atoms with Crippen LogP contribution in [0.1, 0.15) is 22.3 Å². The van der Waals surface area contributed by atoms with Crippen LogP contribution in [0, 0.1) is 0 Å². The van der Waals surface area contributed by atoms with Crippen molar-refractivity contribution in [2.45, 2.75) is 22.1 Å². The van der Waals surface area contributed by atoms with E-state index in [4.69, 9.17) is 0 Å². The molecule has 4 nitrogen and oxygen atoms in total. The lowest BCUT2D eigenvalue weighted by atomic mass is 10.1. The minimum atomic E-state index is -4.52. The zero-order valence-corrected chi connectivity index (χ0v) is 21.9. The average Bonchev–Trinajstić information content (AvgIpc) is 2.95. The zero-order chi connectivity index (χ0) is 28.6. The summed E-state index contributed by atoms with van der Waals surface area (Å²) in [6, 6.07) is 26.5. The Morgan fingerprint density at radius 2 is 0.775 bits per heavy atom. The van der Waals surface area contributed by atoms with E-state index in [1.54, 1.807) is 48.5 Å². The summed E-state index contributed by atoms with van der Waals surface area (Å²) in [5.41, 5.74) is -1.17. The molecule has 204 valence electrons. The molecule has 0 fully saturated rings. The highest BCUT2D eigenvalue weighted by molar-refractivity contribution is 7.98. The molecular weight excluding hydrogens is 570 g/mol. The SMILES string of the molecule is FC(F)(F)c1ccc(C(=N/Sc2ccccc2)/N=N/C(=N/Sc2ccccc2)c2ccc(C(F)(F)F)cc2)cc1. The quantitative estimate of drug-likeness (QED) is 0.0740. The van der Waals surface area contributed by atoms with Gasteiger partial charge in [-0.15, -0.1) is 10.2 Å². The second-order valence-corrected chi connectivity index (χ2v) is 9.66. The minimum absolute atomic E-state index is 0.00750. The number of rotatable bonds is 6. The molecule has 0 aromatic heterocycles. The van der Waals surface area contributed by atoms with Crippen molar-refractivity contribution in [3.63, 3.8) is 0 Å². The van der Waals surface area contributed by atoms with E-state index >= 15 is 0 Å². The van der Waals surface area contributed by atoms with Gasteiger partial charge in [-0.3, -0.25) is 0 Å². The van der Waals surface area contributed by atoms with Crippen molar-refractivity contribution in [2.24, 2.45) is 19.0 Å². The Kier molecular flexibility index (Phi) is 9.43. The third-order valence-electron chi connectivity index (χ3n) is 5.14. The van der Waals surface area contributed by atoms with Crippen LogP contribution < -0.4 is 0 Å². The van der Waals surface area contributed by atoms with Crippen molar-refractivity contribution in [1.29, 1.82) is 0 Å². The molecule has 0 atom stereocenters. The molecule has 0 saturated heterocycles. The third kappa shape index (κ3) is 8.30. The molecule has 4 aromatic rings. The van der Waals surface area contributed by atoms with Gasteiger partial charge in [-0.1, -0.05) is 60.7 Å².